The molecular weight excluding hydrogens is 398 g/mol. The van der Waals surface area contributed by atoms with E-state index in [0.29, 0.717) is 31.1 Å². The van der Waals surface area contributed by atoms with Crippen LogP contribution in [0.3, 0.4) is 0 Å². The predicted octanol–water partition coefficient (Wildman–Crippen LogP) is 3.13. The van der Waals surface area contributed by atoms with Crippen LogP contribution >= 0.6 is 0 Å². The van der Waals surface area contributed by atoms with Crippen molar-refractivity contribution in [3.63, 3.8) is 0 Å². The third-order valence-corrected chi connectivity index (χ3v) is 5.12. The molecule has 2 heterocycles. The normalized spacial score (nSPS) is 15.8. The van der Waals surface area contributed by atoms with Crippen molar-refractivity contribution >= 4 is 11.8 Å². The van der Waals surface area contributed by atoms with Crippen LogP contribution in [-0.4, -0.2) is 61.3 Å². The molecular formula is C23H31N3O5. The lowest BCUT2D eigenvalue weighted by atomic mass is 10.1. The monoisotopic (exact) mass is 429 g/mol. The zero-order chi connectivity index (χ0) is 22.2. The number of hydrogen-bond donors (Lipinski definition) is 1. The Morgan fingerprint density at radius 1 is 1.32 bits per heavy atom. The standard InChI is InChI=1S/C23H31N3O5/c1-16(2)15-26(10-9-22(27)24-14-19-8-5-11-30-19)23(28)20-13-21(31-25-20)17-6-4-7-18(12-17)29-3/h4,6-7,12-13,16,19H,5,8-11,14-15H2,1-3H3,(H,24,27)/t19-/m1/s1. The van der Waals surface area contributed by atoms with Crippen LogP contribution in [0.1, 0.15) is 43.6 Å². The topological polar surface area (TPSA) is 93.9 Å². The number of aromatic nitrogens is 1. The number of nitrogens with zero attached hydrogens (tertiary/aromatic N) is 2. The number of hydrogen-bond acceptors (Lipinski definition) is 6. The minimum Gasteiger partial charge on any atom is -0.497 e. The van der Waals surface area contributed by atoms with Crippen LogP contribution < -0.4 is 10.1 Å². The van der Waals surface area contributed by atoms with Crippen LogP contribution in [-0.2, 0) is 9.53 Å². The molecule has 0 unspecified atom stereocenters. The third-order valence-electron chi connectivity index (χ3n) is 5.12. The molecule has 3 rings (SSSR count). The second kappa shape index (κ2) is 10.9. The van der Waals surface area contributed by atoms with E-state index in [-0.39, 0.29) is 36.0 Å². The van der Waals surface area contributed by atoms with E-state index in [4.69, 9.17) is 14.0 Å². The van der Waals surface area contributed by atoms with Gasteiger partial charge in [0.05, 0.1) is 13.2 Å². The molecule has 0 aliphatic carbocycles. The largest absolute Gasteiger partial charge is 0.497 e. The summed E-state index contributed by atoms with van der Waals surface area (Å²) < 4.78 is 16.2. The third kappa shape index (κ3) is 6.55. The summed E-state index contributed by atoms with van der Waals surface area (Å²) in [6, 6.07) is 8.99. The summed E-state index contributed by atoms with van der Waals surface area (Å²) in [4.78, 5) is 27.0. The number of methoxy groups -OCH3 is 1. The van der Waals surface area contributed by atoms with Gasteiger partial charge in [-0.2, -0.15) is 0 Å². The molecule has 1 aromatic heterocycles. The minimum atomic E-state index is -0.251. The maximum atomic E-state index is 13.1. The molecule has 0 saturated carbocycles. The lowest BCUT2D eigenvalue weighted by Crippen LogP contribution is -2.39. The van der Waals surface area contributed by atoms with Crippen molar-refractivity contribution in [1.29, 1.82) is 0 Å². The number of carbonyl (C=O) groups excluding carboxylic acids is 2. The fourth-order valence-corrected chi connectivity index (χ4v) is 3.52. The number of nitrogens with one attached hydrogen (secondary N) is 1. The fourth-order valence-electron chi connectivity index (χ4n) is 3.52. The van der Waals surface area contributed by atoms with E-state index >= 15 is 0 Å². The average Bonchev–Trinajstić information content (AvgIpc) is 3.46. The van der Waals surface area contributed by atoms with Gasteiger partial charge < -0.3 is 24.2 Å². The molecule has 1 aromatic carbocycles. The van der Waals surface area contributed by atoms with E-state index in [1.165, 1.54) is 0 Å². The predicted molar refractivity (Wildman–Crippen MR) is 116 cm³/mol. The van der Waals surface area contributed by atoms with Crippen molar-refractivity contribution in [1.82, 2.24) is 15.4 Å². The first-order chi connectivity index (χ1) is 15.0. The van der Waals surface area contributed by atoms with Crippen LogP contribution in [0.25, 0.3) is 11.3 Å². The summed E-state index contributed by atoms with van der Waals surface area (Å²) in [5.41, 5.74) is 0.994. The first-order valence-electron chi connectivity index (χ1n) is 10.7. The number of ether oxygens (including phenoxy) is 2. The Hall–Kier alpha value is -2.87. The Morgan fingerprint density at radius 3 is 2.87 bits per heavy atom. The quantitative estimate of drug-likeness (QED) is 0.624. The number of carbonyl (C=O) groups is 2. The van der Waals surface area contributed by atoms with Crippen molar-refractivity contribution in [3.05, 3.63) is 36.0 Å². The number of benzene rings is 1. The van der Waals surface area contributed by atoms with E-state index < -0.39 is 0 Å². The molecule has 0 bridgehead atoms. The highest BCUT2D eigenvalue weighted by Gasteiger charge is 2.23. The Balaban J connectivity index is 1.61. The van der Waals surface area contributed by atoms with E-state index in [1.54, 1.807) is 18.1 Å². The summed E-state index contributed by atoms with van der Waals surface area (Å²) >= 11 is 0. The Morgan fingerprint density at radius 2 is 2.16 bits per heavy atom. The van der Waals surface area contributed by atoms with Crippen molar-refractivity contribution in [3.8, 4) is 17.1 Å². The van der Waals surface area contributed by atoms with Gasteiger partial charge in [0.25, 0.3) is 5.91 Å². The Labute approximate surface area is 182 Å². The Bertz CT molecular complexity index is 874. The molecule has 31 heavy (non-hydrogen) atoms. The number of rotatable bonds is 10. The van der Waals surface area contributed by atoms with Crippen molar-refractivity contribution in [2.45, 2.75) is 39.2 Å². The first-order valence-corrected chi connectivity index (χ1v) is 10.7. The average molecular weight is 430 g/mol. The molecule has 1 saturated heterocycles. The molecule has 1 N–H and O–H groups in total. The van der Waals surface area contributed by atoms with Crippen molar-refractivity contribution < 1.29 is 23.6 Å². The van der Waals surface area contributed by atoms with Gasteiger partial charge in [-0.25, -0.2) is 0 Å². The highest BCUT2D eigenvalue weighted by molar-refractivity contribution is 5.93. The summed E-state index contributed by atoms with van der Waals surface area (Å²) in [6.07, 6.45) is 2.33. The van der Waals surface area contributed by atoms with Gasteiger partial charge >= 0.3 is 0 Å². The van der Waals surface area contributed by atoms with E-state index in [1.807, 2.05) is 38.1 Å². The molecule has 2 aromatic rings. The van der Waals surface area contributed by atoms with Crippen molar-refractivity contribution in [2.24, 2.45) is 5.92 Å². The van der Waals surface area contributed by atoms with Gasteiger partial charge in [-0.05, 0) is 30.9 Å². The fraction of sp³-hybridized carbons (Fsp3) is 0.522. The van der Waals surface area contributed by atoms with Crippen LogP contribution in [0.15, 0.2) is 34.9 Å². The van der Waals surface area contributed by atoms with Crippen molar-refractivity contribution in [2.75, 3.05) is 33.4 Å². The molecule has 1 fully saturated rings. The van der Waals surface area contributed by atoms with Gasteiger partial charge in [0.1, 0.15) is 5.75 Å². The van der Waals surface area contributed by atoms with E-state index in [9.17, 15) is 9.59 Å². The first kappa shape index (κ1) is 22.8. The maximum absolute atomic E-state index is 13.1. The maximum Gasteiger partial charge on any atom is 0.276 e. The zero-order valence-corrected chi connectivity index (χ0v) is 18.4. The molecule has 8 heteroatoms. The molecule has 1 atom stereocenters. The second-order valence-corrected chi connectivity index (χ2v) is 8.14. The van der Waals surface area contributed by atoms with E-state index in [0.717, 1.165) is 25.0 Å². The van der Waals surface area contributed by atoms with Gasteiger partial charge in [-0.15, -0.1) is 0 Å². The van der Waals surface area contributed by atoms with Gasteiger partial charge in [-0.3, -0.25) is 9.59 Å². The SMILES string of the molecule is COc1cccc(-c2cc(C(=O)N(CCC(=O)NC[C@H]3CCCO3)CC(C)C)no2)c1. The zero-order valence-electron chi connectivity index (χ0n) is 18.4. The summed E-state index contributed by atoms with van der Waals surface area (Å²) in [6.45, 7) is 6.18. The van der Waals surface area contributed by atoms with Crippen LogP contribution in [0, 0.1) is 5.92 Å². The lowest BCUT2D eigenvalue weighted by Gasteiger charge is -2.23. The van der Waals surface area contributed by atoms with Crippen LogP contribution in [0.5, 0.6) is 5.75 Å². The minimum absolute atomic E-state index is 0.0886. The molecule has 0 radical (unpaired) electrons. The lowest BCUT2D eigenvalue weighted by molar-refractivity contribution is -0.121. The molecule has 1 aliphatic rings. The summed E-state index contributed by atoms with van der Waals surface area (Å²) in [5.74, 6) is 1.09. The molecule has 8 nitrogen and oxygen atoms in total. The van der Waals surface area contributed by atoms with Gasteiger partial charge in [0.2, 0.25) is 5.91 Å². The molecule has 0 spiro atoms. The van der Waals surface area contributed by atoms with Gasteiger partial charge in [-0.1, -0.05) is 31.1 Å². The molecule has 1 aliphatic heterocycles. The van der Waals surface area contributed by atoms with E-state index in [2.05, 4.69) is 10.5 Å². The van der Waals surface area contributed by atoms with Crippen LogP contribution in [0.2, 0.25) is 0 Å². The van der Waals surface area contributed by atoms with Crippen LogP contribution in [0.4, 0.5) is 0 Å². The summed E-state index contributed by atoms with van der Waals surface area (Å²) in [7, 11) is 1.59. The second-order valence-electron chi connectivity index (χ2n) is 8.14. The number of amides is 2. The van der Waals surface area contributed by atoms with Gasteiger partial charge in [0.15, 0.2) is 11.5 Å². The smallest absolute Gasteiger partial charge is 0.276 e. The molecule has 2 amide bonds. The van der Waals surface area contributed by atoms with Gasteiger partial charge in [0, 0.05) is 44.3 Å². The summed E-state index contributed by atoms with van der Waals surface area (Å²) in [5, 5.41) is 6.87. The Kier molecular flexibility index (Phi) is 8.06. The molecule has 168 valence electrons. The highest BCUT2D eigenvalue weighted by atomic mass is 16.5. The highest BCUT2D eigenvalue weighted by Crippen LogP contribution is 2.25.